The van der Waals surface area contributed by atoms with Crippen LogP contribution in [-0.4, -0.2) is 6.61 Å². The second-order valence-corrected chi connectivity index (χ2v) is 4.74. The average molecular weight is 251 g/mol. The van der Waals surface area contributed by atoms with E-state index < -0.39 is 0 Å². The van der Waals surface area contributed by atoms with Gasteiger partial charge in [0.1, 0.15) is 5.75 Å². The Labute approximate surface area is 109 Å². The predicted molar refractivity (Wildman–Crippen MR) is 73.7 cm³/mol. The van der Waals surface area contributed by atoms with Gasteiger partial charge in [-0.15, -0.1) is 12.3 Å². The van der Waals surface area contributed by atoms with E-state index in [1.807, 2.05) is 26.0 Å². The van der Waals surface area contributed by atoms with E-state index in [-0.39, 0.29) is 5.92 Å². The molecule has 1 unspecified atom stereocenters. The molecule has 92 valence electrons. The van der Waals surface area contributed by atoms with Crippen molar-refractivity contribution < 1.29 is 4.74 Å². The van der Waals surface area contributed by atoms with E-state index in [2.05, 4.69) is 12.8 Å². The maximum Gasteiger partial charge on any atom is 0.122 e. The van der Waals surface area contributed by atoms with Crippen LogP contribution in [0.5, 0.6) is 5.75 Å². The Morgan fingerprint density at radius 3 is 2.76 bits per heavy atom. The van der Waals surface area contributed by atoms with Gasteiger partial charge in [0.05, 0.1) is 6.61 Å². The SMILES string of the molecule is C#CC(C)Cc1cc(Cl)c(C)cc1OCCC. The Morgan fingerprint density at radius 2 is 2.18 bits per heavy atom. The third-order valence-electron chi connectivity index (χ3n) is 2.61. The molecule has 0 aliphatic carbocycles. The Bertz CT molecular complexity index is 418. The summed E-state index contributed by atoms with van der Waals surface area (Å²) < 4.78 is 5.74. The van der Waals surface area contributed by atoms with E-state index in [4.69, 9.17) is 22.8 Å². The lowest BCUT2D eigenvalue weighted by atomic mass is 10.00. The highest BCUT2D eigenvalue weighted by Crippen LogP contribution is 2.28. The zero-order chi connectivity index (χ0) is 12.8. The lowest BCUT2D eigenvalue weighted by Crippen LogP contribution is -2.03. The van der Waals surface area contributed by atoms with Crippen LogP contribution in [0.1, 0.15) is 31.4 Å². The van der Waals surface area contributed by atoms with Gasteiger partial charge in [0.2, 0.25) is 0 Å². The van der Waals surface area contributed by atoms with Crippen molar-refractivity contribution in [3.8, 4) is 18.1 Å². The largest absolute Gasteiger partial charge is 0.493 e. The molecule has 1 aromatic carbocycles. The third kappa shape index (κ3) is 3.98. The Balaban J connectivity index is 2.99. The number of aryl methyl sites for hydroxylation is 1. The predicted octanol–water partition coefficient (Wildman–Crippen LogP) is 4.25. The van der Waals surface area contributed by atoms with Crippen molar-refractivity contribution in [3.63, 3.8) is 0 Å². The normalized spacial score (nSPS) is 11.9. The zero-order valence-electron chi connectivity index (χ0n) is 10.7. The molecule has 0 fully saturated rings. The minimum Gasteiger partial charge on any atom is -0.493 e. The van der Waals surface area contributed by atoms with Gasteiger partial charge in [-0.25, -0.2) is 0 Å². The summed E-state index contributed by atoms with van der Waals surface area (Å²) in [5.74, 6) is 3.84. The van der Waals surface area contributed by atoms with Crippen LogP contribution in [0.25, 0.3) is 0 Å². The molecule has 1 atom stereocenters. The van der Waals surface area contributed by atoms with E-state index in [1.54, 1.807) is 0 Å². The molecule has 0 amide bonds. The Hall–Kier alpha value is -1.13. The summed E-state index contributed by atoms with van der Waals surface area (Å²) in [6.07, 6.45) is 7.21. The first-order chi connectivity index (χ1) is 8.08. The molecule has 0 aliphatic rings. The van der Waals surface area contributed by atoms with Gasteiger partial charge in [-0.05, 0) is 43.0 Å². The van der Waals surface area contributed by atoms with Gasteiger partial charge < -0.3 is 4.74 Å². The molecule has 0 radical (unpaired) electrons. The van der Waals surface area contributed by atoms with E-state index >= 15 is 0 Å². The van der Waals surface area contributed by atoms with Crippen molar-refractivity contribution in [2.75, 3.05) is 6.61 Å². The van der Waals surface area contributed by atoms with Crippen LogP contribution in [0.2, 0.25) is 5.02 Å². The summed E-state index contributed by atoms with van der Waals surface area (Å²) in [6.45, 7) is 6.82. The van der Waals surface area contributed by atoms with Crippen LogP contribution in [0.3, 0.4) is 0 Å². The van der Waals surface area contributed by atoms with Gasteiger partial charge in [-0.1, -0.05) is 25.4 Å². The lowest BCUT2D eigenvalue weighted by molar-refractivity contribution is 0.313. The Kier molecular flexibility index (Phi) is 5.38. The average Bonchev–Trinajstić information content (AvgIpc) is 2.31. The highest BCUT2D eigenvalue weighted by Gasteiger charge is 2.10. The summed E-state index contributed by atoms with van der Waals surface area (Å²) in [6, 6.07) is 3.96. The van der Waals surface area contributed by atoms with E-state index in [9.17, 15) is 0 Å². The van der Waals surface area contributed by atoms with E-state index in [1.165, 1.54) is 0 Å². The van der Waals surface area contributed by atoms with Crippen molar-refractivity contribution in [1.82, 2.24) is 0 Å². The first-order valence-corrected chi connectivity index (χ1v) is 6.34. The van der Waals surface area contributed by atoms with Crippen molar-refractivity contribution in [3.05, 3.63) is 28.3 Å². The standard InChI is InChI=1S/C15H19ClO/c1-5-7-17-15-9-12(4)14(16)10-13(15)8-11(3)6-2/h2,9-11H,5,7-8H2,1,3-4H3. The summed E-state index contributed by atoms with van der Waals surface area (Å²) >= 11 is 6.14. The summed E-state index contributed by atoms with van der Waals surface area (Å²) in [5, 5.41) is 0.771. The van der Waals surface area contributed by atoms with Crippen molar-refractivity contribution in [2.24, 2.45) is 5.92 Å². The molecule has 0 saturated carbocycles. The van der Waals surface area contributed by atoms with Gasteiger partial charge in [-0.2, -0.15) is 0 Å². The second-order valence-electron chi connectivity index (χ2n) is 4.33. The van der Waals surface area contributed by atoms with Crippen molar-refractivity contribution in [2.45, 2.75) is 33.6 Å². The molecule has 0 aromatic heterocycles. The molecule has 0 saturated heterocycles. The van der Waals surface area contributed by atoms with Crippen molar-refractivity contribution >= 4 is 11.6 Å². The highest BCUT2D eigenvalue weighted by molar-refractivity contribution is 6.31. The van der Waals surface area contributed by atoms with Gasteiger partial charge >= 0.3 is 0 Å². The topological polar surface area (TPSA) is 9.23 Å². The van der Waals surface area contributed by atoms with Crippen LogP contribution in [0.15, 0.2) is 12.1 Å². The number of terminal acetylenes is 1. The molecule has 0 bridgehead atoms. The maximum atomic E-state index is 6.14. The molecule has 0 N–H and O–H groups in total. The maximum absolute atomic E-state index is 6.14. The monoisotopic (exact) mass is 250 g/mol. The molecule has 0 spiro atoms. The fourth-order valence-corrected chi connectivity index (χ4v) is 1.78. The number of rotatable bonds is 5. The minimum atomic E-state index is 0.192. The van der Waals surface area contributed by atoms with Gasteiger partial charge in [0.15, 0.2) is 0 Å². The number of ether oxygens (including phenoxy) is 1. The van der Waals surface area contributed by atoms with Crippen LogP contribution in [-0.2, 0) is 6.42 Å². The second kappa shape index (κ2) is 6.57. The molecule has 0 aliphatic heterocycles. The number of halogens is 1. The highest BCUT2D eigenvalue weighted by atomic mass is 35.5. The first kappa shape index (κ1) is 13.9. The smallest absolute Gasteiger partial charge is 0.122 e. The summed E-state index contributed by atoms with van der Waals surface area (Å²) in [5.41, 5.74) is 2.13. The summed E-state index contributed by atoms with van der Waals surface area (Å²) in [4.78, 5) is 0. The van der Waals surface area contributed by atoms with Crippen LogP contribution in [0.4, 0.5) is 0 Å². The Morgan fingerprint density at radius 1 is 1.47 bits per heavy atom. The molecular formula is C15H19ClO. The van der Waals surface area contributed by atoms with E-state index in [0.29, 0.717) is 0 Å². The number of hydrogen-bond donors (Lipinski definition) is 0. The van der Waals surface area contributed by atoms with Gasteiger partial charge in [0.25, 0.3) is 0 Å². The molecular weight excluding hydrogens is 232 g/mol. The van der Waals surface area contributed by atoms with E-state index in [0.717, 1.165) is 41.3 Å². The fraction of sp³-hybridized carbons (Fsp3) is 0.467. The lowest BCUT2D eigenvalue weighted by Gasteiger charge is -2.14. The van der Waals surface area contributed by atoms with Gasteiger partial charge in [0, 0.05) is 10.9 Å². The quantitative estimate of drug-likeness (QED) is 0.710. The third-order valence-corrected chi connectivity index (χ3v) is 3.02. The van der Waals surface area contributed by atoms with Gasteiger partial charge in [-0.3, -0.25) is 0 Å². The minimum absolute atomic E-state index is 0.192. The molecule has 1 aromatic rings. The molecule has 1 rings (SSSR count). The molecule has 2 heteroatoms. The van der Waals surface area contributed by atoms with Crippen LogP contribution >= 0.6 is 11.6 Å². The van der Waals surface area contributed by atoms with Crippen LogP contribution in [0, 0.1) is 25.2 Å². The van der Waals surface area contributed by atoms with Crippen molar-refractivity contribution in [1.29, 1.82) is 0 Å². The molecule has 17 heavy (non-hydrogen) atoms. The number of hydrogen-bond acceptors (Lipinski definition) is 1. The van der Waals surface area contributed by atoms with Crippen LogP contribution < -0.4 is 4.74 Å². The first-order valence-electron chi connectivity index (χ1n) is 5.96. The molecule has 1 nitrogen and oxygen atoms in total. The summed E-state index contributed by atoms with van der Waals surface area (Å²) in [7, 11) is 0. The number of benzene rings is 1. The molecule has 0 heterocycles. The zero-order valence-corrected chi connectivity index (χ0v) is 11.5. The fourth-order valence-electron chi connectivity index (χ4n) is 1.59.